The second-order valence-corrected chi connectivity index (χ2v) is 9.27. The Morgan fingerprint density at radius 3 is 2.47 bits per heavy atom. The van der Waals surface area contributed by atoms with Crippen molar-refractivity contribution in [2.24, 2.45) is 10.9 Å². The number of halogens is 2. The lowest BCUT2D eigenvalue weighted by molar-refractivity contribution is -0.144. The molecule has 0 bridgehead atoms. The second kappa shape index (κ2) is 12.0. The Bertz CT molecular complexity index is 1220. The van der Waals surface area contributed by atoms with Crippen molar-refractivity contribution in [2.75, 3.05) is 26.9 Å². The van der Waals surface area contributed by atoms with E-state index in [-0.39, 0.29) is 23.8 Å². The molecule has 1 aromatic carbocycles. The fraction of sp³-hybridized carbons (Fsp3) is 0.462. The highest BCUT2D eigenvalue weighted by atomic mass is 35.5. The molecule has 1 aromatic heterocycles. The number of benzene rings is 1. The van der Waals surface area contributed by atoms with Gasteiger partial charge in [-0.3, -0.25) is 9.79 Å². The van der Waals surface area contributed by atoms with Crippen LogP contribution in [-0.4, -0.2) is 54.1 Å². The average molecular weight is 536 g/mol. The maximum atomic E-state index is 13.3. The van der Waals surface area contributed by atoms with E-state index in [2.05, 4.69) is 14.5 Å². The van der Waals surface area contributed by atoms with Crippen LogP contribution in [0.4, 0.5) is 0 Å². The first-order chi connectivity index (χ1) is 17.1. The summed E-state index contributed by atoms with van der Waals surface area (Å²) in [5, 5.41) is 0.552. The van der Waals surface area contributed by atoms with Gasteiger partial charge in [0.05, 0.1) is 53.9 Å². The van der Waals surface area contributed by atoms with Crippen LogP contribution in [-0.2, 0) is 30.3 Å². The molecule has 0 saturated heterocycles. The summed E-state index contributed by atoms with van der Waals surface area (Å²) < 4.78 is 18.5. The van der Waals surface area contributed by atoms with Crippen LogP contribution in [0.3, 0.4) is 0 Å². The standard InChI is InChI=1S/C26H31Cl2N3O5/c1-7-36-26(33)23-20(13-35-12-11-31-16(4)14(2)29-17(31)5)30-15(3)21(25(32)34-6)22(23)18-9-8-10-19(27)24(18)28/h8-10,21-22H,7,11-13H2,1-6H3. The monoisotopic (exact) mass is 535 g/mol. The van der Waals surface area contributed by atoms with Gasteiger partial charge >= 0.3 is 11.9 Å². The number of rotatable bonds is 9. The number of carbonyl (C=O) groups is 2. The number of imidazole rings is 1. The maximum absolute atomic E-state index is 13.3. The van der Waals surface area contributed by atoms with E-state index in [9.17, 15) is 9.59 Å². The molecule has 36 heavy (non-hydrogen) atoms. The molecule has 3 rings (SSSR count). The van der Waals surface area contributed by atoms with Crippen molar-refractivity contribution >= 4 is 40.9 Å². The van der Waals surface area contributed by atoms with Gasteiger partial charge in [-0.1, -0.05) is 35.3 Å². The maximum Gasteiger partial charge on any atom is 0.336 e. The van der Waals surface area contributed by atoms with Crippen molar-refractivity contribution in [3.05, 3.63) is 62.3 Å². The molecule has 0 aliphatic carbocycles. The fourth-order valence-electron chi connectivity index (χ4n) is 4.50. The van der Waals surface area contributed by atoms with E-state index in [1.807, 2.05) is 20.8 Å². The molecule has 2 atom stereocenters. The minimum Gasteiger partial charge on any atom is -0.468 e. The lowest BCUT2D eigenvalue weighted by Gasteiger charge is -2.32. The Labute approximate surface area is 221 Å². The van der Waals surface area contributed by atoms with Crippen molar-refractivity contribution in [2.45, 2.75) is 47.1 Å². The number of carbonyl (C=O) groups excluding carboxylic acids is 2. The quantitative estimate of drug-likeness (QED) is 0.331. The van der Waals surface area contributed by atoms with Crippen molar-refractivity contribution in [3.63, 3.8) is 0 Å². The van der Waals surface area contributed by atoms with Gasteiger partial charge in [0.15, 0.2) is 0 Å². The number of aliphatic imine (C=N–C) groups is 1. The minimum atomic E-state index is -0.881. The zero-order valence-corrected chi connectivity index (χ0v) is 22.9. The molecule has 0 fully saturated rings. The summed E-state index contributed by atoms with van der Waals surface area (Å²) in [6, 6.07) is 5.09. The number of aromatic nitrogens is 2. The van der Waals surface area contributed by atoms with Crippen molar-refractivity contribution in [1.82, 2.24) is 9.55 Å². The first-order valence-corrected chi connectivity index (χ1v) is 12.4. The Morgan fingerprint density at radius 2 is 1.86 bits per heavy atom. The zero-order valence-electron chi connectivity index (χ0n) is 21.4. The van der Waals surface area contributed by atoms with Crippen LogP contribution < -0.4 is 0 Å². The molecular weight excluding hydrogens is 505 g/mol. The molecule has 10 heteroatoms. The van der Waals surface area contributed by atoms with Crippen LogP contribution in [0, 0.1) is 26.7 Å². The first kappa shape index (κ1) is 27.9. The van der Waals surface area contributed by atoms with Crippen LogP contribution in [0.1, 0.15) is 42.5 Å². The SMILES string of the molecule is CCOC(=O)C1=C(COCCn2c(C)nc(C)c2C)N=C(C)C(C(=O)OC)C1c1cccc(Cl)c1Cl. The van der Waals surface area contributed by atoms with Gasteiger partial charge in [-0.2, -0.15) is 0 Å². The molecular formula is C26H31Cl2N3O5. The van der Waals surface area contributed by atoms with E-state index in [1.165, 1.54) is 7.11 Å². The topological polar surface area (TPSA) is 92.0 Å². The Hall–Kier alpha value is -2.68. The molecule has 1 aliphatic heterocycles. The van der Waals surface area contributed by atoms with Crippen molar-refractivity contribution < 1.29 is 23.8 Å². The van der Waals surface area contributed by atoms with E-state index in [1.54, 1.807) is 32.0 Å². The third kappa shape index (κ3) is 5.66. The summed E-state index contributed by atoms with van der Waals surface area (Å²) >= 11 is 12.9. The highest BCUT2D eigenvalue weighted by Crippen LogP contribution is 2.44. The van der Waals surface area contributed by atoms with Crippen LogP contribution in [0.15, 0.2) is 34.5 Å². The summed E-state index contributed by atoms with van der Waals surface area (Å²) in [5.74, 6) is -1.92. The highest BCUT2D eigenvalue weighted by Gasteiger charge is 2.44. The molecule has 2 aromatic rings. The number of ether oxygens (including phenoxy) is 3. The van der Waals surface area contributed by atoms with E-state index >= 15 is 0 Å². The van der Waals surface area contributed by atoms with E-state index in [0.717, 1.165) is 17.2 Å². The predicted octanol–water partition coefficient (Wildman–Crippen LogP) is 5.00. The van der Waals surface area contributed by atoms with Crippen LogP contribution in [0.2, 0.25) is 10.0 Å². The summed E-state index contributed by atoms with van der Waals surface area (Å²) in [6.07, 6.45) is 0. The van der Waals surface area contributed by atoms with Gasteiger partial charge in [0.1, 0.15) is 11.7 Å². The van der Waals surface area contributed by atoms with Crippen molar-refractivity contribution in [1.29, 1.82) is 0 Å². The average Bonchev–Trinajstić information content (AvgIpc) is 3.08. The summed E-state index contributed by atoms with van der Waals surface area (Å²) in [7, 11) is 1.29. The number of methoxy groups -OCH3 is 1. The lowest BCUT2D eigenvalue weighted by Crippen LogP contribution is -2.37. The Kier molecular flexibility index (Phi) is 9.33. The smallest absolute Gasteiger partial charge is 0.336 e. The van der Waals surface area contributed by atoms with E-state index in [0.29, 0.717) is 35.1 Å². The summed E-state index contributed by atoms with van der Waals surface area (Å²) in [5.41, 5.74) is 3.62. The van der Waals surface area contributed by atoms with Gasteiger partial charge in [0, 0.05) is 23.9 Å². The Balaban J connectivity index is 2.01. The number of aryl methyl sites for hydroxylation is 2. The second-order valence-electron chi connectivity index (χ2n) is 8.49. The number of hydrogen-bond acceptors (Lipinski definition) is 7. The zero-order chi connectivity index (χ0) is 26.6. The summed E-state index contributed by atoms with van der Waals surface area (Å²) in [6.45, 7) is 10.5. The Morgan fingerprint density at radius 1 is 1.14 bits per heavy atom. The van der Waals surface area contributed by atoms with Crippen LogP contribution >= 0.6 is 23.2 Å². The van der Waals surface area contributed by atoms with Gasteiger partial charge in [0.25, 0.3) is 0 Å². The minimum absolute atomic E-state index is 0.0415. The number of esters is 2. The molecule has 0 N–H and O–H groups in total. The third-order valence-corrected chi connectivity index (χ3v) is 7.16. The molecule has 194 valence electrons. The molecule has 8 nitrogen and oxygen atoms in total. The molecule has 2 unspecified atom stereocenters. The molecule has 0 amide bonds. The third-order valence-electron chi connectivity index (χ3n) is 6.33. The van der Waals surface area contributed by atoms with E-state index in [4.69, 9.17) is 37.4 Å². The first-order valence-electron chi connectivity index (χ1n) is 11.7. The number of hydrogen-bond donors (Lipinski definition) is 0. The van der Waals surface area contributed by atoms with E-state index < -0.39 is 23.8 Å². The molecule has 0 saturated carbocycles. The summed E-state index contributed by atoms with van der Waals surface area (Å²) in [4.78, 5) is 35.2. The molecule has 1 aliphatic rings. The van der Waals surface area contributed by atoms with Gasteiger partial charge in [-0.05, 0) is 46.2 Å². The number of nitrogens with zero attached hydrogens (tertiary/aromatic N) is 3. The van der Waals surface area contributed by atoms with Crippen LogP contribution in [0.25, 0.3) is 0 Å². The van der Waals surface area contributed by atoms with Gasteiger partial charge in [-0.25, -0.2) is 9.78 Å². The largest absolute Gasteiger partial charge is 0.468 e. The van der Waals surface area contributed by atoms with Gasteiger partial charge < -0.3 is 18.8 Å². The molecule has 2 heterocycles. The fourth-order valence-corrected chi connectivity index (χ4v) is 4.92. The van der Waals surface area contributed by atoms with Gasteiger partial charge in [-0.15, -0.1) is 0 Å². The van der Waals surface area contributed by atoms with Crippen LogP contribution in [0.5, 0.6) is 0 Å². The lowest BCUT2D eigenvalue weighted by atomic mass is 9.75. The molecule has 0 radical (unpaired) electrons. The van der Waals surface area contributed by atoms with Crippen molar-refractivity contribution in [3.8, 4) is 0 Å². The predicted molar refractivity (Wildman–Crippen MR) is 139 cm³/mol. The molecule has 0 spiro atoms. The van der Waals surface area contributed by atoms with Gasteiger partial charge in [0.2, 0.25) is 0 Å². The normalized spacial score (nSPS) is 17.7. The highest BCUT2D eigenvalue weighted by molar-refractivity contribution is 6.42.